The smallest absolute Gasteiger partial charge is 0.407 e. The Balaban J connectivity index is 1.80. The number of ether oxygens (including phenoxy) is 1. The van der Waals surface area contributed by atoms with Gasteiger partial charge in [0.15, 0.2) is 5.75 Å². The molecule has 0 aliphatic carbocycles. The lowest BCUT2D eigenvalue weighted by molar-refractivity contribution is -0.143. The van der Waals surface area contributed by atoms with E-state index in [1.807, 2.05) is 0 Å². The summed E-state index contributed by atoms with van der Waals surface area (Å²) in [5, 5.41) is 3.03. The number of alkyl halides is 6. The van der Waals surface area contributed by atoms with Gasteiger partial charge < -0.3 is 14.6 Å². The first-order valence-corrected chi connectivity index (χ1v) is 10.0. The molecule has 0 radical (unpaired) electrons. The molecule has 3 amide bonds. The maximum atomic E-state index is 13.8. The van der Waals surface area contributed by atoms with E-state index < -0.39 is 47.0 Å². The number of carbonyl (C=O) groups excluding carboxylic acids is 2. The summed E-state index contributed by atoms with van der Waals surface area (Å²) in [5.74, 6) is -1.20. The highest BCUT2D eigenvalue weighted by Gasteiger charge is 2.43. The first-order valence-electron chi connectivity index (χ1n) is 10.0. The van der Waals surface area contributed by atoms with E-state index >= 15 is 0 Å². The lowest BCUT2D eigenvalue weighted by Crippen LogP contribution is -2.33. The molecule has 1 aliphatic heterocycles. The third-order valence-corrected chi connectivity index (χ3v) is 5.36. The van der Waals surface area contributed by atoms with Crippen LogP contribution in [0.5, 0.6) is 5.75 Å². The predicted octanol–water partition coefficient (Wildman–Crippen LogP) is 4.78. The molecular weight excluding hydrogens is 484 g/mol. The number of nitrogens with zero attached hydrogens (tertiary/aromatic N) is 4. The molecule has 8 nitrogen and oxygen atoms in total. The molecule has 0 atom stereocenters. The van der Waals surface area contributed by atoms with E-state index in [0.717, 1.165) is 10.3 Å². The van der Waals surface area contributed by atoms with Gasteiger partial charge in [-0.25, -0.2) is 14.6 Å². The minimum absolute atomic E-state index is 0.0187. The number of nitrogens with one attached hydrogen (secondary N) is 1. The molecule has 2 aromatic heterocycles. The molecule has 35 heavy (non-hydrogen) atoms. The Hall–Kier alpha value is -3.97. The number of pyridine rings is 1. The molecule has 0 saturated carbocycles. The third-order valence-electron chi connectivity index (χ3n) is 5.36. The quantitative estimate of drug-likeness (QED) is 0.525. The summed E-state index contributed by atoms with van der Waals surface area (Å²) < 4.78 is 88.3. The molecule has 1 saturated heterocycles. The van der Waals surface area contributed by atoms with Gasteiger partial charge in [0.25, 0.3) is 0 Å². The predicted molar refractivity (Wildman–Crippen MR) is 112 cm³/mol. The van der Waals surface area contributed by atoms with Crippen LogP contribution in [0.4, 0.5) is 47.4 Å². The summed E-state index contributed by atoms with van der Waals surface area (Å²) in [6.45, 7) is -0.256. The molecule has 1 N–H and O–H groups in total. The standard InChI is InChI=1S/C21H17F6N5O3/c1-30-7-5-11-3-4-15(29-17(11)30)31(2)19(34)35-16-13(21(25,26)27)9-12(20(22,23)24)10-14(16)32-8-6-28-18(32)33/h3-5,7,9-10H,6,8H2,1-2H3,(H,28,33). The summed E-state index contributed by atoms with van der Waals surface area (Å²) in [6, 6.07) is 4.07. The summed E-state index contributed by atoms with van der Waals surface area (Å²) in [7, 11) is 2.88. The summed E-state index contributed by atoms with van der Waals surface area (Å²) in [4.78, 5) is 30.7. The maximum absolute atomic E-state index is 13.8. The third kappa shape index (κ3) is 4.55. The van der Waals surface area contributed by atoms with Gasteiger partial charge in [-0.15, -0.1) is 0 Å². The first-order chi connectivity index (χ1) is 16.3. The SMILES string of the molecule is CN(C(=O)Oc1c(N2CCNC2=O)cc(C(F)(F)F)cc1C(F)(F)F)c1ccc2ccn(C)c2n1. The van der Waals surface area contributed by atoms with Crippen molar-refractivity contribution in [3.63, 3.8) is 0 Å². The molecule has 1 aliphatic rings. The number of benzene rings is 1. The summed E-state index contributed by atoms with van der Waals surface area (Å²) in [6.07, 6.45) is -10.1. The zero-order valence-electron chi connectivity index (χ0n) is 18.2. The molecule has 0 spiro atoms. The fourth-order valence-corrected chi connectivity index (χ4v) is 3.56. The van der Waals surface area contributed by atoms with Gasteiger partial charge in [-0.2, -0.15) is 26.3 Å². The fourth-order valence-electron chi connectivity index (χ4n) is 3.56. The second kappa shape index (κ2) is 8.36. The van der Waals surface area contributed by atoms with E-state index in [2.05, 4.69) is 10.3 Å². The Bertz CT molecular complexity index is 1320. The highest BCUT2D eigenvalue weighted by molar-refractivity contribution is 5.97. The van der Waals surface area contributed by atoms with Gasteiger partial charge in [0.1, 0.15) is 17.0 Å². The monoisotopic (exact) mass is 501 g/mol. The zero-order valence-corrected chi connectivity index (χ0v) is 18.2. The van der Waals surface area contributed by atoms with Gasteiger partial charge >= 0.3 is 24.5 Å². The number of hydrogen-bond acceptors (Lipinski definition) is 4. The van der Waals surface area contributed by atoms with Crippen LogP contribution in [0.1, 0.15) is 11.1 Å². The summed E-state index contributed by atoms with van der Waals surface area (Å²) >= 11 is 0. The molecule has 4 rings (SSSR count). The van der Waals surface area contributed by atoms with Gasteiger partial charge in [0.2, 0.25) is 0 Å². The molecule has 1 fully saturated rings. The zero-order chi connectivity index (χ0) is 25.7. The molecule has 0 bridgehead atoms. The number of hydrogen-bond donors (Lipinski definition) is 1. The number of aromatic nitrogens is 2. The van der Waals surface area contributed by atoms with Crippen LogP contribution in [0, 0.1) is 0 Å². The number of amides is 3. The van der Waals surface area contributed by atoms with Crippen LogP contribution in [0.25, 0.3) is 11.0 Å². The Morgan fingerprint density at radius 2 is 1.83 bits per heavy atom. The van der Waals surface area contributed by atoms with Crippen LogP contribution in [-0.2, 0) is 19.4 Å². The lowest BCUT2D eigenvalue weighted by Gasteiger charge is -2.25. The van der Waals surface area contributed by atoms with Crippen molar-refractivity contribution in [1.29, 1.82) is 0 Å². The average Bonchev–Trinajstić information content (AvgIpc) is 3.36. The molecule has 3 heterocycles. The number of urea groups is 1. The van der Waals surface area contributed by atoms with E-state index in [4.69, 9.17) is 4.74 Å². The molecule has 3 aromatic rings. The molecule has 186 valence electrons. The van der Waals surface area contributed by atoms with Crippen LogP contribution in [0.3, 0.4) is 0 Å². The first kappa shape index (κ1) is 24.2. The van der Waals surface area contributed by atoms with Gasteiger partial charge in [-0.1, -0.05) is 0 Å². The number of fused-ring (bicyclic) bond motifs is 1. The molecule has 0 unspecified atom stereocenters. The van der Waals surface area contributed by atoms with Crippen LogP contribution in [0.2, 0.25) is 0 Å². The van der Waals surface area contributed by atoms with Crippen molar-refractivity contribution in [2.24, 2.45) is 7.05 Å². The van der Waals surface area contributed by atoms with E-state index in [1.165, 1.54) is 13.1 Å². The Morgan fingerprint density at radius 1 is 1.11 bits per heavy atom. The lowest BCUT2D eigenvalue weighted by atomic mass is 10.1. The second-order valence-corrected chi connectivity index (χ2v) is 7.69. The average molecular weight is 501 g/mol. The number of anilines is 2. The highest BCUT2D eigenvalue weighted by Crippen LogP contribution is 2.46. The van der Waals surface area contributed by atoms with Gasteiger partial charge in [-0.05, 0) is 30.3 Å². The molecule has 14 heteroatoms. The Labute approximate surface area is 193 Å². The minimum Gasteiger partial charge on any atom is -0.407 e. The maximum Gasteiger partial charge on any atom is 0.420 e. The van der Waals surface area contributed by atoms with Crippen molar-refractivity contribution in [2.45, 2.75) is 12.4 Å². The van der Waals surface area contributed by atoms with E-state index in [1.54, 1.807) is 29.9 Å². The summed E-state index contributed by atoms with van der Waals surface area (Å²) in [5.41, 5.74) is -3.87. The van der Waals surface area contributed by atoms with Crippen molar-refractivity contribution in [3.05, 3.63) is 47.7 Å². The van der Waals surface area contributed by atoms with Crippen molar-refractivity contribution in [3.8, 4) is 5.75 Å². The van der Waals surface area contributed by atoms with E-state index in [9.17, 15) is 35.9 Å². The normalized spacial score (nSPS) is 14.4. The van der Waals surface area contributed by atoms with Crippen LogP contribution < -0.4 is 19.9 Å². The van der Waals surface area contributed by atoms with E-state index in [0.29, 0.717) is 16.6 Å². The number of carbonyl (C=O) groups is 2. The fraction of sp³-hybridized carbons (Fsp3) is 0.286. The van der Waals surface area contributed by atoms with Crippen LogP contribution in [0.15, 0.2) is 36.5 Å². The van der Waals surface area contributed by atoms with Crippen LogP contribution >= 0.6 is 0 Å². The molecule has 1 aromatic carbocycles. The second-order valence-electron chi connectivity index (χ2n) is 7.69. The number of halogens is 6. The minimum atomic E-state index is -5.33. The van der Waals surface area contributed by atoms with Gasteiger partial charge in [0, 0.05) is 38.8 Å². The number of rotatable bonds is 3. The Morgan fingerprint density at radius 3 is 2.43 bits per heavy atom. The largest absolute Gasteiger partial charge is 0.420 e. The van der Waals surface area contributed by atoms with Gasteiger partial charge in [-0.3, -0.25) is 9.80 Å². The topological polar surface area (TPSA) is 79.7 Å². The van der Waals surface area contributed by atoms with Crippen LogP contribution in [-0.4, -0.2) is 41.8 Å². The van der Waals surface area contributed by atoms with Crippen molar-refractivity contribution in [1.82, 2.24) is 14.9 Å². The molecular formula is C21H17F6N5O3. The number of aryl methyl sites for hydroxylation is 1. The van der Waals surface area contributed by atoms with Crippen molar-refractivity contribution < 1.29 is 40.7 Å². The van der Waals surface area contributed by atoms with E-state index in [-0.39, 0.29) is 25.0 Å². The van der Waals surface area contributed by atoms with Gasteiger partial charge in [0.05, 0.1) is 11.3 Å². The Kier molecular flexibility index (Phi) is 5.77. The van der Waals surface area contributed by atoms with Crippen molar-refractivity contribution in [2.75, 3.05) is 29.9 Å². The highest BCUT2D eigenvalue weighted by atomic mass is 19.4. The van der Waals surface area contributed by atoms with Crippen molar-refractivity contribution >= 4 is 34.7 Å².